The second-order valence-corrected chi connectivity index (χ2v) is 8.97. The van der Waals surface area contributed by atoms with Crippen LogP contribution in [0.25, 0.3) is 10.8 Å². The Morgan fingerprint density at radius 3 is 2.68 bits per heavy atom. The number of rotatable bonds is 4. The maximum atomic E-state index is 12.9. The van der Waals surface area contributed by atoms with Crippen molar-refractivity contribution in [2.24, 2.45) is 5.92 Å². The van der Waals surface area contributed by atoms with Crippen LogP contribution in [0.5, 0.6) is 0 Å². The van der Waals surface area contributed by atoms with Gasteiger partial charge in [-0.05, 0) is 57.9 Å². The Hall–Kier alpha value is -2.35. The number of nitrogens with one attached hydrogen (secondary N) is 1. The molecule has 0 saturated carbocycles. The van der Waals surface area contributed by atoms with Gasteiger partial charge in [0, 0.05) is 19.6 Å². The Morgan fingerprint density at radius 2 is 2.07 bits per heavy atom. The monoisotopic (exact) mass is 405 g/mol. The van der Waals surface area contributed by atoms with Gasteiger partial charge in [-0.15, -0.1) is 11.3 Å². The van der Waals surface area contributed by atoms with Crippen molar-refractivity contribution >= 4 is 23.3 Å². The number of ether oxygens (including phenoxy) is 1. The minimum absolute atomic E-state index is 0.0948. The second-order valence-electron chi connectivity index (χ2n) is 8.02. The fourth-order valence-corrected chi connectivity index (χ4v) is 3.78. The lowest BCUT2D eigenvalue weighted by Gasteiger charge is -2.31. The maximum Gasteiger partial charge on any atom is 0.407 e. The summed E-state index contributed by atoms with van der Waals surface area (Å²) < 4.78 is 10.9. The molecule has 7 nitrogen and oxygen atoms in total. The molecule has 0 spiro atoms. The molecule has 28 heavy (non-hydrogen) atoms. The van der Waals surface area contributed by atoms with Crippen LogP contribution >= 0.6 is 11.3 Å². The number of amides is 2. The van der Waals surface area contributed by atoms with Gasteiger partial charge in [0.15, 0.2) is 5.69 Å². The first-order valence-electron chi connectivity index (χ1n) is 9.50. The highest BCUT2D eigenvalue weighted by atomic mass is 32.1. The number of aromatic nitrogens is 1. The molecule has 2 amide bonds. The molecule has 2 aromatic heterocycles. The molecule has 8 heteroatoms. The van der Waals surface area contributed by atoms with Crippen molar-refractivity contribution in [1.82, 2.24) is 15.2 Å². The predicted molar refractivity (Wildman–Crippen MR) is 107 cm³/mol. The van der Waals surface area contributed by atoms with E-state index in [4.69, 9.17) is 9.15 Å². The SMILES string of the molecule is Cc1oc(-c2cccs2)nc1C(=O)N1CCC(CNC(=O)OC(C)(C)C)CC1. The molecule has 0 bridgehead atoms. The number of thiophene rings is 1. The normalized spacial score (nSPS) is 15.5. The van der Waals surface area contributed by atoms with Crippen LogP contribution in [0, 0.1) is 12.8 Å². The largest absolute Gasteiger partial charge is 0.444 e. The van der Waals surface area contributed by atoms with E-state index in [0.29, 0.717) is 42.9 Å². The number of alkyl carbamates (subject to hydrolysis) is 1. The average Bonchev–Trinajstić information content (AvgIpc) is 3.28. The van der Waals surface area contributed by atoms with Crippen LogP contribution in [-0.4, -0.2) is 47.1 Å². The van der Waals surface area contributed by atoms with Gasteiger partial charge in [-0.3, -0.25) is 4.79 Å². The molecular formula is C20H27N3O4S. The summed E-state index contributed by atoms with van der Waals surface area (Å²) in [6.07, 6.45) is 1.26. The van der Waals surface area contributed by atoms with E-state index in [2.05, 4.69) is 10.3 Å². The van der Waals surface area contributed by atoms with E-state index in [-0.39, 0.29) is 5.91 Å². The Bertz CT molecular complexity index is 815. The average molecular weight is 406 g/mol. The molecule has 0 aliphatic carbocycles. The number of aryl methyl sites for hydroxylation is 1. The first-order valence-corrected chi connectivity index (χ1v) is 10.4. The number of carbonyl (C=O) groups is 2. The lowest BCUT2D eigenvalue weighted by molar-refractivity contribution is 0.0499. The summed E-state index contributed by atoms with van der Waals surface area (Å²) in [6.45, 7) is 9.13. The van der Waals surface area contributed by atoms with Gasteiger partial charge in [0.05, 0.1) is 4.88 Å². The van der Waals surface area contributed by atoms with Gasteiger partial charge in [-0.1, -0.05) is 6.07 Å². The summed E-state index contributed by atoms with van der Waals surface area (Å²) in [5.41, 5.74) is -0.120. The molecule has 1 N–H and O–H groups in total. The zero-order valence-electron chi connectivity index (χ0n) is 16.8. The number of nitrogens with zero attached hydrogens (tertiary/aromatic N) is 2. The molecule has 3 rings (SSSR count). The Morgan fingerprint density at radius 1 is 1.36 bits per heavy atom. The highest BCUT2D eigenvalue weighted by Crippen LogP contribution is 2.27. The topological polar surface area (TPSA) is 84.7 Å². The first-order chi connectivity index (χ1) is 13.2. The van der Waals surface area contributed by atoms with E-state index in [1.807, 2.05) is 43.2 Å². The smallest absolute Gasteiger partial charge is 0.407 e. The predicted octanol–water partition coefficient (Wildman–Crippen LogP) is 4.09. The van der Waals surface area contributed by atoms with Crippen LogP contribution in [0.3, 0.4) is 0 Å². The molecule has 1 fully saturated rings. The fourth-order valence-electron chi connectivity index (χ4n) is 3.13. The molecule has 1 aliphatic rings. The molecule has 3 heterocycles. The molecule has 0 radical (unpaired) electrons. The van der Waals surface area contributed by atoms with Gasteiger partial charge in [0.25, 0.3) is 5.91 Å². The number of carbonyl (C=O) groups excluding carboxylic acids is 2. The minimum Gasteiger partial charge on any atom is -0.444 e. The molecule has 0 atom stereocenters. The van der Waals surface area contributed by atoms with Crippen LogP contribution in [0.2, 0.25) is 0 Å². The Balaban J connectivity index is 1.51. The van der Waals surface area contributed by atoms with Crippen LogP contribution in [0.1, 0.15) is 49.9 Å². The van der Waals surface area contributed by atoms with Crippen molar-refractivity contribution in [3.05, 3.63) is 29.0 Å². The van der Waals surface area contributed by atoms with Crippen LogP contribution in [-0.2, 0) is 4.74 Å². The maximum absolute atomic E-state index is 12.9. The number of hydrogen-bond donors (Lipinski definition) is 1. The van der Waals surface area contributed by atoms with Crippen LogP contribution in [0.4, 0.5) is 4.79 Å². The van der Waals surface area contributed by atoms with Crippen molar-refractivity contribution in [1.29, 1.82) is 0 Å². The molecule has 1 saturated heterocycles. The van der Waals surface area contributed by atoms with Gasteiger partial charge < -0.3 is 19.4 Å². The summed E-state index contributed by atoms with van der Waals surface area (Å²) in [5.74, 6) is 1.27. The van der Waals surface area contributed by atoms with Crippen molar-refractivity contribution in [2.45, 2.75) is 46.1 Å². The zero-order valence-corrected chi connectivity index (χ0v) is 17.6. The van der Waals surface area contributed by atoms with E-state index in [1.165, 1.54) is 11.3 Å². The second kappa shape index (κ2) is 8.34. The number of likely N-dealkylation sites (tertiary alicyclic amines) is 1. The van der Waals surface area contributed by atoms with Gasteiger partial charge in [-0.25, -0.2) is 9.78 Å². The molecule has 152 valence electrons. The first kappa shape index (κ1) is 20.4. The van der Waals surface area contributed by atoms with E-state index >= 15 is 0 Å². The highest BCUT2D eigenvalue weighted by Gasteiger charge is 2.28. The van der Waals surface area contributed by atoms with Gasteiger partial charge in [-0.2, -0.15) is 0 Å². The molecule has 1 aliphatic heterocycles. The molecule has 0 unspecified atom stereocenters. The number of hydrogen-bond acceptors (Lipinski definition) is 6. The summed E-state index contributed by atoms with van der Waals surface area (Å²) in [5, 5.41) is 4.77. The Labute approximate surface area is 169 Å². The lowest BCUT2D eigenvalue weighted by Crippen LogP contribution is -2.42. The minimum atomic E-state index is -0.503. The molecule has 2 aromatic rings. The standard InChI is InChI=1S/C20H27N3O4S/c1-13-16(22-17(26-13)15-6-5-11-28-15)18(24)23-9-7-14(8-10-23)12-21-19(25)27-20(2,3)4/h5-6,11,14H,7-10,12H2,1-4H3,(H,21,25). The number of piperidine rings is 1. The summed E-state index contributed by atoms with van der Waals surface area (Å²) >= 11 is 1.53. The van der Waals surface area contributed by atoms with E-state index < -0.39 is 11.7 Å². The van der Waals surface area contributed by atoms with Crippen molar-refractivity contribution in [3.63, 3.8) is 0 Å². The van der Waals surface area contributed by atoms with Crippen molar-refractivity contribution < 1.29 is 18.7 Å². The van der Waals surface area contributed by atoms with Crippen molar-refractivity contribution in [2.75, 3.05) is 19.6 Å². The van der Waals surface area contributed by atoms with Gasteiger partial charge in [0.2, 0.25) is 5.89 Å². The summed E-state index contributed by atoms with van der Waals surface area (Å²) in [4.78, 5) is 31.8. The van der Waals surface area contributed by atoms with E-state index in [9.17, 15) is 9.59 Å². The van der Waals surface area contributed by atoms with E-state index in [0.717, 1.165) is 17.7 Å². The van der Waals surface area contributed by atoms with Gasteiger partial charge in [0.1, 0.15) is 11.4 Å². The van der Waals surface area contributed by atoms with Crippen LogP contribution < -0.4 is 5.32 Å². The third kappa shape index (κ3) is 5.13. The van der Waals surface area contributed by atoms with Gasteiger partial charge >= 0.3 is 6.09 Å². The van der Waals surface area contributed by atoms with Crippen LogP contribution in [0.15, 0.2) is 21.9 Å². The lowest BCUT2D eigenvalue weighted by atomic mass is 9.96. The zero-order chi connectivity index (χ0) is 20.3. The molecular weight excluding hydrogens is 378 g/mol. The van der Waals surface area contributed by atoms with Crippen molar-refractivity contribution in [3.8, 4) is 10.8 Å². The number of oxazole rings is 1. The third-order valence-electron chi connectivity index (χ3n) is 4.57. The highest BCUT2D eigenvalue weighted by molar-refractivity contribution is 7.13. The molecule has 0 aromatic carbocycles. The summed E-state index contributed by atoms with van der Waals surface area (Å²) in [6, 6.07) is 3.85. The van der Waals surface area contributed by atoms with E-state index in [1.54, 1.807) is 6.92 Å². The fraction of sp³-hybridized carbons (Fsp3) is 0.550. The quantitative estimate of drug-likeness (QED) is 0.828. The third-order valence-corrected chi connectivity index (χ3v) is 5.42. The summed E-state index contributed by atoms with van der Waals surface area (Å²) in [7, 11) is 0. The Kier molecular flexibility index (Phi) is 6.07.